The van der Waals surface area contributed by atoms with Crippen LogP contribution in [0.15, 0.2) is 29.9 Å². The Morgan fingerprint density at radius 3 is 3.10 bits per heavy atom. The lowest BCUT2D eigenvalue weighted by molar-refractivity contribution is 0.271. The van der Waals surface area contributed by atoms with E-state index < -0.39 is 0 Å². The van der Waals surface area contributed by atoms with Crippen molar-refractivity contribution in [3.8, 4) is 0 Å². The molecule has 1 saturated heterocycles. The maximum absolute atomic E-state index is 4.50. The molecular weight excluding hydrogens is 280 g/mol. The summed E-state index contributed by atoms with van der Waals surface area (Å²) >= 11 is 1.72. The minimum Gasteiger partial charge on any atom is -0.311 e. The molecule has 3 heterocycles. The molecule has 1 aliphatic rings. The number of aryl methyl sites for hydroxylation is 1. The van der Waals surface area contributed by atoms with E-state index in [-0.39, 0.29) is 0 Å². The van der Waals surface area contributed by atoms with E-state index >= 15 is 0 Å². The topological polar surface area (TPSA) is 41.1 Å². The summed E-state index contributed by atoms with van der Waals surface area (Å²) < 4.78 is 0. The molecule has 0 radical (unpaired) electrons. The van der Waals surface area contributed by atoms with Crippen molar-refractivity contribution in [3.63, 3.8) is 0 Å². The zero-order valence-electron chi connectivity index (χ0n) is 12.6. The molecule has 0 aliphatic carbocycles. The number of likely N-dealkylation sites (tertiary alicyclic amines) is 1. The number of thiazole rings is 1. The lowest BCUT2D eigenvalue weighted by Crippen LogP contribution is -2.28. The fourth-order valence-corrected chi connectivity index (χ4v) is 3.81. The molecule has 0 bridgehead atoms. The third-order valence-corrected chi connectivity index (χ3v) is 5.00. The maximum atomic E-state index is 4.50. The third-order valence-electron chi connectivity index (χ3n) is 4.18. The van der Waals surface area contributed by atoms with Crippen molar-refractivity contribution in [2.45, 2.75) is 25.9 Å². The van der Waals surface area contributed by atoms with Gasteiger partial charge in [-0.15, -0.1) is 11.3 Å². The molecule has 112 valence electrons. The van der Waals surface area contributed by atoms with Gasteiger partial charge in [0.25, 0.3) is 0 Å². The van der Waals surface area contributed by atoms with Gasteiger partial charge in [-0.05, 0) is 44.5 Å². The lowest BCUT2D eigenvalue weighted by atomic mass is 9.95. The number of aromatic nitrogens is 2. The van der Waals surface area contributed by atoms with Crippen molar-refractivity contribution in [2.24, 2.45) is 5.92 Å². The molecule has 0 amide bonds. The van der Waals surface area contributed by atoms with Crippen LogP contribution in [-0.2, 0) is 6.54 Å². The van der Waals surface area contributed by atoms with Crippen LogP contribution in [0.3, 0.4) is 0 Å². The van der Waals surface area contributed by atoms with Crippen LogP contribution in [0.5, 0.6) is 0 Å². The first kappa shape index (κ1) is 14.6. The monoisotopic (exact) mass is 302 g/mol. The summed E-state index contributed by atoms with van der Waals surface area (Å²) in [6.07, 6.45) is 5.08. The van der Waals surface area contributed by atoms with E-state index in [1.165, 1.54) is 12.0 Å². The highest BCUT2D eigenvalue weighted by atomic mass is 32.1. The first-order valence-corrected chi connectivity index (χ1v) is 8.34. The second kappa shape index (κ2) is 6.64. The Balaban J connectivity index is 1.59. The van der Waals surface area contributed by atoms with Crippen LogP contribution in [0.25, 0.3) is 0 Å². The normalized spacial score (nSPS) is 22.8. The molecule has 0 saturated carbocycles. The Morgan fingerprint density at radius 2 is 2.38 bits per heavy atom. The Morgan fingerprint density at radius 1 is 1.48 bits per heavy atom. The van der Waals surface area contributed by atoms with Crippen molar-refractivity contribution >= 4 is 11.3 Å². The van der Waals surface area contributed by atoms with Crippen molar-refractivity contribution in [2.75, 3.05) is 20.1 Å². The summed E-state index contributed by atoms with van der Waals surface area (Å²) in [5.41, 5.74) is 2.48. The number of hydrogen-bond donors (Lipinski definition) is 1. The molecule has 1 N–H and O–H groups in total. The fourth-order valence-electron chi connectivity index (χ4n) is 3.19. The number of hydrogen-bond acceptors (Lipinski definition) is 5. The molecule has 2 aromatic rings. The van der Waals surface area contributed by atoms with E-state index in [1.807, 2.05) is 18.5 Å². The minimum absolute atomic E-state index is 0.475. The summed E-state index contributed by atoms with van der Waals surface area (Å²) in [5.74, 6) is 0.638. The Labute approximate surface area is 130 Å². The summed E-state index contributed by atoms with van der Waals surface area (Å²) in [4.78, 5) is 11.2. The van der Waals surface area contributed by atoms with Gasteiger partial charge in [0.2, 0.25) is 0 Å². The predicted octanol–water partition coefficient (Wildman–Crippen LogP) is 2.63. The predicted molar refractivity (Wildman–Crippen MR) is 86.3 cm³/mol. The average molecular weight is 302 g/mol. The Hall–Kier alpha value is -1.30. The summed E-state index contributed by atoms with van der Waals surface area (Å²) in [5, 5.41) is 6.85. The number of nitrogens with zero attached hydrogens (tertiary/aromatic N) is 3. The van der Waals surface area contributed by atoms with Gasteiger partial charge in [0.05, 0.1) is 10.7 Å². The molecule has 3 rings (SSSR count). The molecule has 21 heavy (non-hydrogen) atoms. The zero-order chi connectivity index (χ0) is 14.7. The van der Waals surface area contributed by atoms with Gasteiger partial charge in [-0.25, -0.2) is 4.98 Å². The van der Waals surface area contributed by atoms with Gasteiger partial charge in [0, 0.05) is 36.9 Å². The third kappa shape index (κ3) is 3.48. The minimum atomic E-state index is 0.475. The van der Waals surface area contributed by atoms with E-state index in [2.05, 4.69) is 45.6 Å². The van der Waals surface area contributed by atoms with Crippen molar-refractivity contribution in [1.82, 2.24) is 20.2 Å². The maximum Gasteiger partial charge on any atom is 0.0897 e. The van der Waals surface area contributed by atoms with Crippen LogP contribution < -0.4 is 5.32 Å². The molecule has 4 nitrogen and oxygen atoms in total. The number of nitrogens with one attached hydrogen (secondary N) is 1. The highest BCUT2D eigenvalue weighted by Crippen LogP contribution is 2.35. The number of pyridine rings is 1. The van der Waals surface area contributed by atoms with Gasteiger partial charge in [-0.2, -0.15) is 0 Å². The van der Waals surface area contributed by atoms with E-state index in [0.29, 0.717) is 12.0 Å². The second-order valence-electron chi connectivity index (χ2n) is 5.75. The largest absolute Gasteiger partial charge is 0.311 e. The van der Waals surface area contributed by atoms with E-state index in [0.717, 1.165) is 30.3 Å². The summed E-state index contributed by atoms with van der Waals surface area (Å²) in [6.45, 7) is 5.10. The van der Waals surface area contributed by atoms with Gasteiger partial charge >= 0.3 is 0 Å². The van der Waals surface area contributed by atoms with E-state index in [4.69, 9.17) is 0 Å². The van der Waals surface area contributed by atoms with Crippen molar-refractivity contribution < 1.29 is 0 Å². The Kier molecular flexibility index (Phi) is 4.63. The van der Waals surface area contributed by atoms with Crippen LogP contribution in [0.4, 0.5) is 0 Å². The highest BCUT2D eigenvalue weighted by Gasteiger charge is 2.32. The van der Waals surface area contributed by atoms with Crippen molar-refractivity contribution in [1.29, 1.82) is 0 Å². The highest BCUT2D eigenvalue weighted by molar-refractivity contribution is 7.09. The van der Waals surface area contributed by atoms with Gasteiger partial charge in [-0.1, -0.05) is 6.07 Å². The molecule has 0 spiro atoms. The number of rotatable bonds is 5. The van der Waals surface area contributed by atoms with Gasteiger partial charge in [-0.3, -0.25) is 9.88 Å². The summed E-state index contributed by atoms with van der Waals surface area (Å²) in [7, 11) is 2.21. The SMILES string of the molecule is Cc1nc(CNC[C@@H]2CCN(C)[C@H]2c2cccnc2)cs1. The molecule has 1 fully saturated rings. The smallest absolute Gasteiger partial charge is 0.0897 e. The molecule has 1 aliphatic heterocycles. The van der Waals surface area contributed by atoms with Gasteiger partial charge in [0.1, 0.15) is 0 Å². The average Bonchev–Trinajstić information content (AvgIpc) is 3.06. The molecule has 2 atom stereocenters. The second-order valence-corrected chi connectivity index (χ2v) is 6.81. The first-order valence-electron chi connectivity index (χ1n) is 7.46. The van der Waals surface area contributed by atoms with Gasteiger partial charge in [0.15, 0.2) is 0 Å². The van der Waals surface area contributed by atoms with Crippen LogP contribution >= 0.6 is 11.3 Å². The van der Waals surface area contributed by atoms with E-state index in [1.54, 1.807) is 11.3 Å². The van der Waals surface area contributed by atoms with Gasteiger partial charge < -0.3 is 5.32 Å². The van der Waals surface area contributed by atoms with Crippen LogP contribution in [0, 0.1) is 12.8 Å². The fraction of sp³-hybridized carbons (Fsp3) is 0.500. The van der Waals surface area contributed by atoms with Crippen LogP contribution in [-0.4, -0.2) is 35.0 Å². The molecule has 5 heteroatoms. The van der Waals surface area contributed by atoms with Crippen LogP contribution in [0.2, 0.25) is 0 Å². The van der Waals surface area contributed by atoms with Crippen LogP contribution in [0.1, 0.15) is 28.7 Å². The van der Waals surface area contributed by atoms with E-state index in [9.17, 15) is 0 Å². The first-order chi connectivity index (χ1) is 10.2. The molecule has 0 unspecified atom stereocenters. The zero-order valence-corrected chi connectivity index (χ0v) is 13.4. The quantitative estimate of drug-likeness (QED) is 0.922. The molecular formula is C16H22N4S. The summed E-state index contributed by atoms with van der Waals surface area (Å²) in [6, 6.07) is 4.70. The molecule has 0 aromatic carbocycles. The van der Waals surface area contributed by atoms with Crippen molar-refractivity contribution in [3.05, 3.63) is 46.2 Å². The standard InChI is InChI=1S/C16H22N4S/c1-12-19-15(11-21-12)10-18-9-14-5-7-20(2)16(14)13-4-3-6-17-8-13/h3-4,6,8,11,14,16,18H,5,7,9-10H2,1-2H3/t14-,16-/m0/s1. The molecule has 2 aromatic heterocycles. The lowest BCUT2D eigenvalue weighted by Gasteiger charge is -2.25. The Bertz CT molecular complexity index is 569.